The van der Waals surface area contributed by atoms with Crippen molar-refractivity contribution in [2.45, 2.75) is 51.0 Å². The van der Waals surface area contributed by atoms with Crippen LogP contribution in [0.15, 0.2) is 109 Å². The van der Waals surface area contributed by atoms with Gasteiger partial charge in [-0.3, -0.25) is 9.59 Å². The van der Waals surface area contributed by atoms with Gasteiger partial charge in [0.2, 0.25) is 0 Å². The van der Waals surface area contributed by atoms with Crippen molar-refractivity contribution < 1.29 is 43.2 Å². The summed E-state index contributed by atoms with van der Waals surface area (Å²) in [6.07, 6.45) is 2.59. The van der Waals surface area contributed by atoms with E-state index in [2.05, 4.69) is 33.3 Å². The highest BCUT2D eigenvalue weighted by atomic mass is 35.5. The van der Waals surface area contributed by atoms with E-state index in [0.29, 0.717) is 26.1 Å². The van der Waals surface area contributed by atoms with Gasteiger partial charge in [0.25, 0.3) is 0 Å². The van der Waals surface area contributed by atoms with Gasteiger partial charge in [-0.1, -0.05) is 84.9 Å². The second kappa shape index (κ2) is 22.7. The number of carbonyl (C=O) groups excluding carboxylic acids is 3. The number of carboxylic acids is 1. The lowest BCUT2D eigenvalue weighted by atomic mass is 10.1. The molecule has 1 amide bonds. The van der Waals surface area contributed by atoms with Crippen LogP contribution in [0.5, 0.6) is 11.5 Å². The molecule has 4 aromatic rings. The highest BCUT2D eigenvalue weighted by Crippen LogP contribution is 2.17. The topological polar surface area (TPSA) is 163 Å². The van der Waals surface area contributed by atoms with Gasteiger partial charge in [-0.2, -0.15) is 0 Å². The molecular weight excluding hydrogens is 699 g/mol. The maximum absolute atomic E-state index is 11.4. The zero-order valence-corrected chi connectivity index (χ0v) is 29.3. The van der Waals surface area contributed by atoms with E-state index in [-0.39, 0.29) is 0 Å². The number of rotatable bonds is 11. The fourth-order valence-electron chi connectivity index (χ4n) is 4.54. The highest BCUT2D eigenvalue weighted by molar-refractivity contribution is 6.93. The van der Waals surface area contributed by atoms with E-state index in [1.165, 1.54) is 12.8 Å². The number of nitrogens with two attached hydrogens (primary N) is 1. The Labute approximate surface area is 306 Å². The number of esters is 1. The summed E-state index contributed by atoms with van der Waals surface area (Å²) in [5.74, 6) is -0.0176. The molecule has 4 aromatic carbocycles. The summed E-state index contributed by atoms with van der Waals surface area (Å²) in [7, 11) is 0. The van der Waals surface area contributed by atoms with Crippen molar-refractivity contribution in [2.24, 2.45) is 5.73 Å². The SMILES string of the molecule is C1CCOC1.N[C@@H](Cc1ccc(OCc2ccccc2)cc1)C(=O)O.O=C(Cl)Cl.O=C1N[C@@H](Cc2ccc(OCc3ccccc3)cc2)C(=O)O1. The smallest absolute Gasteiger partial charge is 0.415 e. The minimum absolute atomic E-state index is 0.314. The van der Waals surface area contributed by atoms with Crippen LogP contribution in [-0.2, 0) is 45.1 Å². The maximum Gasteiger partial charge on any atom is 0.415 e. The van der Waals surface area contributed by atoms with E-state index in [1.54, 1.807) is 0 Å². The third kappa shape index (κ3) is 17.0. The van der Waals surface area contributed by atoms with E-state index >= 15 is 0 Å². The Balaban J connectivity index is 0.000000222. The number of aliphatic carboxylic acids is 1. The molecule has 0 aromatic heterocycles. The van der Waals surface area contributed by atoms with Crippen molar-refractivity contribution in [1.82, 2.24) is 5.32 Å². The normalized spacial score (nSPS) is 14.8. The van der Waals surface area contributed by atoms with Crippen molar-refractivity contribution in [3.8, 4) is 11.5 Å². The number of halogens is 2. The molecule has 6 rings (SSSR count). The molecule has 0 radical (unpaired) electrons. The molecule has 2 aliphatic heterocycles. The first-order valence-corrected chi connectivity index (χ1v) is 16.8. The maximum atomic E-state index is 11.4. The number of alkyl carbamates (subject to hydrolysis) is 1. The first kappa shape index (κ1) is 40.5. The molecule has 270 valence electrons. The summed E-state index contributed by atoms with van der Waals surface area (Å²) in [6, 6.07) is 33.1. The Hall–Kier alpha value is -4.94. The summed E-state index contributed by atoms with van der Waals surface area (Å²) in [5, 5.41) is 11.2. The fraction of sp³-hybridized carbons (Fsp3) is 0.263. The zero-order chi connectivity index (χ0) is 36.8. The van der Waals surface area contributed by atoms with Gasteiger partial charge in [0.15, 0.2) is 0 Å². The van der Waals surface area contributed by atoms with Gasteiger partial charge in [-0.25, -0.2) is 9.59 Å². The lowest BCUT2D eigenvalue weighted by Gasteiger charge is -2.09. The molecule has 11 nitrogen and oxygen atoms in total. The minimum atomic E-state index is -0.991. The number of hydrogen-bond acceptors (Lipinski definition) is 9. The van der Waals surface area contributed by atoms with E-state index in [1.807, 2.05) is 109 Å². The monoisotopic (exact) mass is 738 g/mol. The predicted molar refractivity (Wildman–Crippen MR) is 193 cm³/mol. The van der Waals surface area contributed by atoms with Crippen LogP contribution in [0.25, 0.3) is 0 Å². The van der Waals surface area contributed by atoms with Crippen LogP contribution in [-0.4, -0.2) is 53.1 Å². The van der Waals surface area contributed by atoms with Crippen LogP contribution in [0.3, 0.4) is 0 Å². The van der Waals surface area contributed by atoms with Crippen LogP contribution in [0.1, 0.15) is 35.1 Å². The summed E-state index contributed by atoms with van der Waals surface area (Å²) >= 11 is 8.80. The van der Waals surface area contributed by atoms with E-state index in [9.17, 15) is 14.4 Å². The molecule has 2 heterocycles. The summed E-state index contributed by atoms with van der Waals surface area (Å²) in [4.78, 5) is 42.0. The van der Waals surface area contributed by atoms with Crippen molar-refractivity contribution in [2.75, 3.05) is 13.2 Å². The fourth-order valence-corrected chi connectivity index (χ4v) is 4.54. The van der Waals surface area contributed by atoms with Crippen LogP contribution < -0.4 is 20.5 Å². The first-order chi connectivity index (χ1) is 24.6. The molecule has 4 N–H and O–H groups in total. The number of hydrogen-bond donors (Lipinski definition) is 3. The van der Waals surface area contributed by atoms with Gasteiger partial charge in [-0.05, 0) is 89.0 Å². The van der Waals surface area contributed by atoms with Gasteiger partial charge in [0.05, 0.1) is 0 Å². The highest BCUT2D eigenvalue weighted by Gasteiger charge is 2.32. The van der Waals surface area contributed by atoms with Gasteiger partial charge < -0.3 is 35.1 Å². The Bertz CT molecular complexity index is 1630. The van der Waals surface area contributed by atoms with Crippen LogP contribution >= 0.6 is 23.2 Å². The van der Waals surface area contributed by atoms with E-state index in [0.717, 1.165) is 47.0 Å². The molecule has 0 unspecified atom stereocenters. The molecule has 0 aliphatic carbocycles. The second-order valence-corrected chi connectivity index (χ2v) is 12.0. The number of carboxylic acid groups (broad SMARTS) is 1. The first-order valence-electron chi connectivity index (χ1n) is 16.0. The molecule has 0 saturated carbocycles. The van der Waals surface area contributed by atoms with Crippen molar-refractivity contribution in [1.29, 1.82) is 0 Å². The lowest BCUT2D eigenvalue weighted by molar-refractivity contribution is -0.138. The molecule has 0 bridgehead atoms. The van der Waals surface area contributed by atoms with Crippen molar-refractivity contribution in [3.05, 3.63) is 131 Å². The van der Waals surface area contributed by atoms with Crippen LogP contribution in [0.2, 0.25) is 0 Å². The summed E-state index contributed by atoms with van der Waals surface area (Å²) in [5.41, 5.74) is 9.50. The Morgan fingerprint density at radius 3 is 1.57 bits per heavy atom. The van der Waals surface area contributed by atoms with Gasteiger partial charge in [-0.15, -0.1) is 0 Å². The molecule has 2 fully saturated rings. The third-order valence-corrected chi connectivity index (χ3v) is 7.15. The summed E-state index contributed by atoms with van der Waals surface area (Å²) in [6.45, 7) is 3.01. The van der Waals surface area contributed by atoms with Gasteiger partial charge in [0, 0.05) is 19.6 Å². The third-order valence-electron chi connectivity index (χ3n) is 7.15. The van der Waals surface area contributed by atoms with Crippen LogP contribution in [0.4, 0.5) is 9.59 Å². The quantitative estimate of drug-likeness (QED) is 0.0826. The molecule has 13 heteroatoms. The molecule has 0 spiro atoms. The van der Waals surface area contributed by atoms with E-state index < -0.39 is 34.8 Å². The van der Waals surface area contributed by atoms with Crippen molar-refractivity contribution >= 4 is 45.9 Å². The lowest BCUT2D eigenvalue weighted by Crippen LogP contribution is -2.32. The average molecular weight is 740 g/mol. The number of ether oxygens (including phenoxy) is 4. The predicted octanol–water partition coefficient (Wildman–Crippen LogP) is 7.04. The number of carbonyl (C=O) groups is 4. The minimum Gasteiger partial charge on any atom is -0.489 e. The summed E-state index contributed by atoms with van der Waals surface area (Å²) < 4.78 is 19.8. The molecular formula is C38H40Cl2N2O9. The molecule has 2 aliphatic rings. The standard InChI is InChI=1S/C17H15NO4.C16H17NO3.C4H8O.CCl2O/c19-16-15(18-17(20)22-16)10-12-6-8-14(9-7-12)21-11-13-4-2-1-3-5-13;17-15(16(18)19)10-12-6-8-14(9-7-12)20-11-13-4-2-1-3-5-13;1-2-4-5-3-1;2-1(3)4/h1-9,15H,10-11H2,(H,18,20);1-9,15H,10-11,17H2,(H,18,19);1-4H2;/t2*15-;;/m00../s1. The average Bonchev–Trinajstić information content (AvgIpc) is 3.82. The number of amides is 1. The van der Waals surface area contributed by atoms with Gasteiger partial charge >= 0.3 is 22.7 Å². The molecule has 2 atom stereocenters. The van der Waals surface area contributed by atoms with Crippen LogP contribution in [0, 0.1) is 0 Å². The van der Waals surface area contributed by atoms with E-state index in [4.69, 9.17) is 29.8 Å². The number of benzene rings is 4. The number of nitrogens with one attached hydrogen (secondary N) is 1. The van der Waals surface area contributed by atoms with Crippen molar-refractivity contribution in [3.63, 3.8) is 0 Å². The Morgan fingerprint density at radius 1 is 0.745 bits per heavy atom. The van der Waals surface area contributed by atoms with Gasteiger partial charge in [0.1, 0.15) is 36.8 Å². The Kier molecular flexibility index (Phi) is 18.0. The second-order valence-electron chi connectivity index (χ2n) is 11.1. The molecule has 2 saturated heterocycles. The largest absolute Gasteiger partial charge is 0.489 e. The Morgan fingerprint density at radius 2 is 1.20 bits per heavy atom. The number of cyclic esters (lactones) is 2. The molecule has 51 heavy (non-hydrogen) atoms. The zero-order valence-electron chi connectivity index (χ0n) is 27.8.